The van der Waals surface area contributed by atoms with E-state index >= 15 is 0 Å². The van der Waals surface area contributed by atoms with Gasteiger partial charge < -0.3 is 4.74 Å². The minimum atomic E-state index is 0.530. The Kier molecular flexibility index (Phi) is 1.96. The van der Waals surface area contributed by atoms with Crippen LogP contribution < -0.4 is 4.74 Å². The second-order valence-corrected chi connectivity index (χ2v) is 3.06. The average molecular weight is 190 g/mol. The Morgan fingerprint density at radius 1 is 1.57 bits per heavy atom. The van der Waals surface area contributed by atoms with Crippen LogP contribution in [0, 0.1) is 6.92 Å². The fraction of sp³-hybridized carbons (Fsp3) is 0.200. The molecule has 2 heterocycles. The second kappa shape index (κ2) is 3.14. The van der Waals surface area contributed by atoms with E-state index in [4.69, 9.17) is 4.74 Å². The van der Waals surface area contributed by atoms with Gasteiger partial charge in [0.15, 0.2) is 6.29 Å². The lowest BCUT2D eigenvalue weighted by Gasteiger charge is -2.04. The monoisotopic (exact) mass is 190 g/mol. The van der Waals surface area contributed by atoms with Gasteiger partial charge in [0.2, 0.25) is 0 Å². The van der Waals surface area contributed by atoms with Crippen molar-refractivity contribution in [2.24, 2.45) is 0 Å². The summed E-state index contributed by atoms with van der Waals surface area (Å²) in [5.74, 6) is 0.719. The van der Waals surface area contributed by atoms with E-state index in [9.17, 15) is 4.79 Å². The number of hydrogen-bond acceptors (Lipinski definition) is 3. The number of imidazole rings is 1. The Morgan fingerprint density at radius 3 is 3.00 bits per heavy atom. The van der Waals surface area contributed by atoms with Crippen molar-refractivity contribution in [3.05, 3.63) is 29.7 Å². The van der Waals surface area contributed by atoms with Crippen LogP contribution in [0.5, 0.6) is 5.75 Å². The summed E-state index contributed by atoms with van der Waals surface area (Å²) in [6, 6.07) is 1.89. The van der Waals surface area contributed by atoms with Gasteiger partial charge in [-0.2, -0.15) is 0 Å². The smallest absolute Gasteiger partial charge is 0.168 e. The van der Waals surface area contributed by atoms with E-state index in [-0.39, 0.29) is 0 Å². The average Bonchev–Trinajstić information content (AvgIpc) is 2.61. The van der Waals surface area contributed by atoms with E-state index < -0.39 is 0 Å². The molecule has 0 saturated heterocycles. The van der Waals surface area contributed by atoms with E-state index in [1.165, 1.54) is 0 Å². The third-order valence-corrected chi connectivity index (χ3v) is 2.15. The van der Waals surface area contributed by atoms with Crippen LogP contribution in [0.1, 0.15) is 16.1 Å². The van der Waals surface area contributed by atoms with Crippen LogP contribution in [0.15, 0.2) is 18.5 Å². The van der Waals surface area contributed by atoms with Crippen molar-refractivity contribution in [3.63, 3.8) is 0 Å². The third kappa shape index (κ3) is 1.16. The first-order valence-corrected chi connectivity index (χ1v) is 4.23. The van der Waals surface area contributed by atoms with Gasteiger partial charge in [0.25, 0.3) is 0 Å². The number of fused-ring (bicyclic) bond motifs is 1. The summed E-state index contributed by atoms with van der Waals surface area (Å²) in [6.07, 6.45) is 4.08. The maximum Gasteiger partial charge on any atom is 0.168 e. The maximum absolute atomic E-state index is 10.7. The summed E-state index contributed by atoms with van der Waals surface area (Å²) in [4.78, 5) is 14.8. The fourth-order valence-corrected chi connectivity index (χ4v) is 1.44. The van der Waals surface area contributed by atoms with E-state index in [2.05, 4.69) is 4.98 Å². The molecule has 0 aliphatic carbocycles. The number of aryl methyl sites for hydroxylation is 1. The lowest BCUT2D eigenvalue weighted by Crippen LogP contribution is -1.95. The minimum Gasteiger partial charge on any atom is -0.495 e. The molecule has 0 atom stereocenters. The van der Waals surface area contributed by atoms with Crippen LogP contribution in [0.2, 0.25) is 0 Å². The van der Waals surface area contributed by atoms with Crippen molar-refractivity contribution in [2.45, 2.75) is 6.92 Å². The second-order valence-electron chi connectivity index (χ2n) is 3.06. The first kappa shape index (κ1) is 8.74. The lowest BCUT2D eigenvalue weighted by molar-refractivity contribution is 0.111. The molecule has 4 heteroatoms. The molecule has 2 rings (SSSR count). The van der Waals surface area contributed by atoms with Crippen LogP contribution >= 0.6 is 0 Å². The highest BCUT2D eigenvalue weighted by atomic mass is 16.5. The van der Waals surface area contributed by atoms with Gasteiger partial charge in [0, 0.05) is 0 Å². The SMILES string of the molecule is COc1cc(C)c2ncc(C=O)n2c1. The standard InChI is InChI=1S/C10H10N2O2/c1-7-3-9(14-2)5-12-8(6-13)4-11-10(7)12/h3-6H,1-2H3. The Hall–Kier alpha value is -1.84. The van der Waals surface area contributed by atoms with Gasteiger partial charge in [-0.1, -0.05) is 0 Å². The number of ether oxygens (including phenoxy) is 1. The predicted molar refractivity (Wildman–Crippen MR) is 51.9 cm³/mol. The van der Waals surface area contributed by atoms with Crippen molar-refractivity contribution < 1.29 is 9.53 Å². The number of carbonyl (C=O) groups excluding carboxylic acids is 1. The predicted octanol–water partition coefficient (Wildman–Crippen LogP) is 1.46. The number of nitrogens with zero attached hydrogens (tertiary/aromatic N) is 2. The Morgan fingerprint density at radius 2 is 2.36 bits per heavy atom. The van der Waals surface area contributed by atoms with Crippen LogP contribution in [-0.4, -0.2) is 22.8 Å². The summed E-state index contributed by atoms with van der Waals surface area (Å²) >= 11 is 0. The summed E-state index contributed by atoms with van der Waals surface area (Å²) in [6.45, 7) is 1.93. The van der Waals surface area contributed by atoms with Crippen molar-refractivity contribution in [1.82, 2.24) is 9.38 Å². The number of carbonyl (C=O) groups is 1. The van der Waals surface area contributed by atoms with Crippen molar-refractivity contribution in [1.29, 1.82) is 0 Å². The molecular weight excluding hydrogens is 180 g/mol. The number of pyridine rings is 1. The largest absolute Gasteiger partial charge is 0.495 e. The summed E-state index contributed by atoms with van der Waals surface area (Å²) in [7, 11) is 1.60. The third-order valence-electron chi connectivity index (χ3n) is 2.15. The van der Waals surface area contributed by atoms with E-state index in [1.807, 2.05) is 13.0 Å². The first-order chi connectivity index (χ1) is 6.76. The van der Waals surface area contributed by atoms with Gasteiger partial charge >= 0.3 is 0 Å². The zero-order chi connectivity index (χ0) is 10.1. The van der Waals surface area contributed by atoms with Gasteiger partial charge in [0.1, 0.15) is 17.1 Å². The molecule has 0 bridgehead atoms. The molecule has 0 N–H and O–H groups in total. The van der Waals surface area contributed by atoms with Gasteiger partial charge in [-0.05, 0) is 18.6 Å². The molecule has 0 unspecified atom stereocenters. The van der Waals surface area contributed by atoms with E-state index in [1.54, 1.807) is 23.9 Å². The molecule has 0 amide bonds. The highest BCUT2D eigenvalue weighted by molar-refractivity contribution is 5.74. The number of rotatable bonds is 2. The molecule has 14 heavy (non-hydrogen) atoms. The zero-order valence-corrected chi connectivity index (χ0v) is 8.02. The van der Waals surface area contributed by atoms with E-state index in [0.29, 0.717) is 5.69 Å². The summed E-state index contributed by atoms with van der Waals surface area (Å²) in [5.41, 5.74) is 2.30. The van der Waals surface area contributed by atoms with Crippen molar-refractivity contribution in [2.75, 3.05) is 7.11 Å². The molecule has 0 spiro atoms. The molecule has 0 fully saturated rings. The Labute approximate surface area is 81.1 Å². The lowest BCUT2D eigenvalue weighted by atomic mass is 10.3. The minimum absolute atomic E-state index is 0.530. The normalized spacial score (nSPS) is 10.4. The van der Waals surface area contributed by atoms with Crippen molar-refractivity contribution in [3.8, 4) is 5.75 Å². The van der Waals surface area contributed by atoms with Crippen molar-refractivity contribution >= 4 is 11.9 Å². The van der Waals surface area contributed by atoms with Gasteiger partial charge in [-0.3, -0.25) is 9.20 Å². The highest BCUT2D eigenvalue weighted by Gasteiger charge is 2.06. The zero-order valence-electron chi connectivity index (χ0n) is 8.02. The Balaban J connectivity index is 2.79. The number of methoxy groups -OCH3 is 1. The molecule has 0 aromatic carbocycles. The molecule has 0 saturated carbocycles. The molecule has 72 valence electrons. The molecule has 0 aliphatic heterocycles. The van der Waals surface area contributed by atoms with Gasteiger partial charge in [-0.25, -0.2) is 4.98 Å². The van der Waals surface area contributed by atoms with E-state index in [0.717, 1.165) is 23.2 Å². The van der Waals surface area contributed by atoms with Crippen LogP contribution in [0.25, 0.3) is 5.65 Å². The summed E-state index contributed by atoms with van der Waals surface area (Å²) in [5, 5.41) is 0. The Bertz CT molecular complexity index is 488. The summed E-state index contributed by atoms with van der Waals surface area (Å²) < 4.78 is 6.83. The fourth-order valence-electron chi connectivity index (χ4n) is 1.44. The molecule has 0 aliphatic rings. The molecule has 0 radical (unpaired) electrons. The molecule has 2 aromatic rings. The molecule has 4 nitrogen and oxygen atoms in total. The topological polar surface area (TPSA) is 43.6 Å². The maximum atomic E-state index is 10.7. The number of aldehydes is 1. The van der Waals surface area contributed by atoms with Gasteiger partial charge in [0.05, 0.1) is 19.5 Å². The van der Waals surface area contributed by atoms with Crippen LogP contribution in [0.4, 0.5) is 0 Å². The molecule has 2 aromatic heterocycles. The first-order valence-electron chi connectivity index (χ1n) is 4.23. The molecular formula is C10H10N2O2. The van der Waals surface area contributed by atoms with Crippen LogP contribution in [-0.2, 0) is 0 Å². The number of hydrogen-bond donors (Lipinski definition) is 0. The number of aromatic nitrogens is 2. The van der Waals surface area contributed by atoms with Crippen LogP contribution in [0.3, 0.4) is 0 Å². The van der Waals surface area contributed by atoms with Gasteiger partial charge in [-0.15, -0.1) is 0 Å². The quantitative estimate of drug-likeness (QED) is 0.673. The highest BCUT2D eigenvalue weighted by Crippen LogP contribution is 2.18.